The van der Waals surface area contributed by atoms with Crippen LogP contribution in [-0.2, 0) is 27.2 Å². The van der Waals surface area contributed by atoms with Crippen molar-refractivity contribution >= 4 is 51.6 Å². The highest BCUT2D eigenvalue weighted by atomic mass is 32.2. The number of para-hydroxylation sites is 1. The van der Waals surface area contributed by atoms with E-state index in [4.69, 9.17) is 9.15 Å². The van der Waals surface area contributed by atoms with E-state index in [1.807, 2.05) is 18.2 Å². The Hall–Kier alpha value is -4.27. The SMILES string of the molecule is CCOC(=O)c1c(NC(=O)CSC2=C(C#N)[C@@H](c3ccco3)C(C(=O)Nc3ccccc3)=C(C)N2)sc2c1CCCC2. The number of aryl methyl sites for hydroxylation is 1. The highest BCUT2D eigenvalue weighted by Crippen LogP contribution is 2.42. The van der Waals surface area contributed by atoms with Crippen LogP contribution in [0.15, 0.2) is 75.0 Å². The number of esters is 1. The zero-order chi connectivity index (χ0) is 29.6. The van der Waals surface area contributed by atoms with Crippen LogP contribution in [0.5, 0.6) is 0 Å². The summed E-state index contributed by atoms with van der Waals surface area (Å²) in [5, 5.41) is 20.2. The van der Waals surface area contributed by atoms with Gasteiger partial charge in [0.25, 0.3) is 5.91 Å². The van der Waals surface area contributed by atoms with Gasteiger partial charge in [0.15, 0.2) is 0 Å². The van der Waals surface area contributed by atoms with Crippen LogP contribution in [0.1, 0.15) is 59.2 Å². The zero-order valence-corrected chi connectivity index (χ0v) is 24.9. The molecule has 0 unspecified atom stereocenters. The second kappa shape index (κ2) is 13.1. The standard InChI is InChI=1S/C31H30N4O5S2/c1-3-39-31(38)27-20-12-7-8-14-23(20)42-30(27)35-24(36)17-41-29-21(16-32)26(22-13-9-15-40-22)25(18(2)33-29)28(37)34-19-10-5-4-6-11-19/h4-6,9-11,13,15,26,33H,3,7-8,12,14,17H2,1-2H3,(H,34,37)(H,35,36)/t26-/m0/s1. The third-order valence-electron chi connectivity index (χ3n) is 7.00. The number of nitrogens with zero attached hydrogens (tertiary/aromatic N) is 1. The molecule has 11 heteroatoms. The van der Waals surface area contributed by atoms with Gasteiger partial charge in [0.2, 0.25) is 5.91 Å². The third kappa shape index (κ3) is 6.15. The number of ether oxygens (including phenoxy) is 1. The quantitative estimate of drug-likeness (QED) is 0.250. The molecule has 0 fully saturated rings. The number of rotatable bonds is 9. The average molecular weight is 603 g/mol. The van der Waals surface area contributed by atoms with E-state index >= 15 is 0 Å². The number of thioether (sulfide) groups is 1. The first-order valence-electron chi connectivity index (χ1n) is 13.7. The molecule has 3 N–H and O–H groups in total. The fourth-order valence-electron chi connectivity index (χ4n) is 5.16. The van der Waals surface area contributed by atoms with Gasteiger partial charge < -0.3 is 25.1 Å². The first kappa shape index (κ1) is 29.2. The molecule has 3 heterocycles. The lowest BCUT2D eigenvalue weighted by atomic mass is 9.85. The number of allylic oxidation sites excluding steroid dienone is 2. The molecule has 2 amide bonds. The second-order valence-electron chi connectivity index (χ2n) is 9.76. The maximum Gasteiger partial charge on any atom is 0.341 e. The minimum atomic E-state index is -0.764. The summed E-state index contributed by atoms with van der Waals surface area (Å²) in [6.07, 6.45) is 5.19. The van der Waals surface area contributed by atoms with Crippen molar-refractivity contribution in [3.05, 3.63) is 92.4 Å². The second-order valence-corrected chi connectivity index (χ2v) is 11.8. The van der Waals surface area contributed by atoms with Crippen molar-refractivity contribution in [2.75, 3.05) is 23.0 Å². The zero-order valence-electron chi connectivity index (χ0n) is 23.2. The van der Waals surface area contributed by atoms with Gasteiger partial charge in [-0.25, -0.2) is 4.79 Å². The van der Waals surface area contributed by atoms with E-state index in [2.05, 4.69) is 22.0 Å². The summed E-state index contributed by atoms with van der Waals surface area (Å²) < 4.78 is 11.0. The van der Waals surface area contributed by atoms with Gasteiger partial charge >= 0.3 is 5.97 Å². The predicted molar refractivity (Wildman–Crippen MR) is 163 cm³/mol. The number of furan rings is 1. The molecule has 0 radical (unpaired) electrons. The molecular weight excluding hydrogens is 572 g/mol. The monoisotopic (exact) mass is 602 g/mol. The number of hydrogen-bond acceptors (Lipinski definition) is 9. The number of dihydropyridines is 1. The van der Waals surface area contributed by atoms with Crippen molar-refractivity contribution < 1.29 is 23.5 Å². The number of anilines is 2. The molecule has 1 aliphatic carbocycles. The number of nitriles is 1. The smallest absolute Gasteiger partial charge is 0.341 e. The van der Waals surface area contributed by atoms with Gasteiger partial charge in [-0.05, 0) is 69.4 Å². The van der Waals surface area contributed by atoms with Gasteiger partial charge in [0, 0.05) is 16.3 Å². The summed E-state index contributed by atoms with van der Waals surface area (Å²) in [7, 11) is 0. The van der Waals surface area contributed by atoms with Crippen LogP contribution in [0.3, 0.4) is 0 Å². The summed E-state index contributed by atoms with van der Waals surface area (Å²) in [5.74, 6) is -1.46. The van der Waals surface area contributed by atoms with Crippen molar-refractivity contribution in [2.45, 2.75) is 45.4 Å². The lowest BCUT2D eigenvalue weighted by molar-refractivity contribution is -0.114. The molecule has 1 aliphatic heterocycles. The highest BCUT2D eigenvalue weighted by molar-refractivity contribution is 8.03. The first-order valence-corrected chi connectivity index (χ1v) is 15.5. The van der Waals surface area contributed by atoms with Crippen molar-refractivity contribution in [1.82, 2.24) is 5.32 Å². The maximum atomic E-state index is 13.4. The molecule has 216 valence electrons. The molecule has 1 aromatic carbocycles. The van der Waals surface area contributed by atoms with Gasteiger partial charge in [-0.2, -0.15) is 5.26 Å². The Morgan fingerprint density at radius 1 is 1.14 bits per heavy atom. The van der Waals surface area contributed by atoms with Crippen LogP contribution in [0.4, 0.5) is 10.7 Å². The van der Waals surface area contributed by atoms with E-state index in [1.165, 1.54) is 17.6 Å². The Balaban J connectivity index is 1.37. The summed E-state index contributed by atoms with van der Waals surface area (Å²) in [6, 6.07) is 14.7. The van der Waals surface area contributed by atoms with Crippen LogP contribution in [0.25, 0.3) is 0 Å². The Kier molecular flexibility index (Phi) is 9.15. The topological polar surface area (TPSA) is 133 Å². The number of nitrogens with one attached hydrogen (secondary N) is 3. The minimum Gasteiger partial charge on any atom is -0.468 e. The van der Waals surface area contributed by atoms with Gasteiger partial charge in [0.1, 0.15) is 10.8 Å². The van der Waals surface area contributed by atoms with Crippen LogP contribution >= 0.6 is 23.1 Å². The molecule has 0 bridgehead atoms. The van der Waals surface area contributed by atoms with Crippen LogP contribution in [0.2, 0.25) is 0 Å². The number of carbonyl (C=O) groups is 3. The Morgan fingerprint density at radius 3 is 2.64 bits per heavy atom. The Morgan fingerprint density at radius 2 is 1.93 bits per heavy atom. The summed E-state index contributed by atoms with van der Waals surface area (Å²) in [5.41, 5.74) is 3.21. The van der Waals surface area contributed by atoms with Gasteiger partial charge in [-0.3, -0.25) is 9.59 Å². The molecule has 2 aromatic heterocycles. The van der Waals surface area contributed by atoms with Crippen LogP contribution < -0.4 is 16.0 Å². The molecule has 42 heavy (non-hydrogen) atoms. The maximum absolute atomic E-state index is 13.4. The predicted octanol–water partition coefficient (Wildman–Crippen LogP) is 6.10. The van der Waals surface area contributed by atoms with E-state index in [0.717, 1.165) is 47.9 Å². The Bertz CT molecular complexity index is 1600. The number of thiophene rings is 1. The van der Waals surface area contributed by atoms with Crippen LogP contribution in [-0.4, -0.2) is 30.1 Å². The molecule has 3 aromatic rings. The molecule has 0 saturated carbocycles. The van der Waals surface area contributed by atoms with E-state index in [9.17, 15) is 19.6 Å². The lowest BCUT2D eigenvalue weighted by Gasteiger charge is -2.28. The number of benzene rings is 1. The van der Waals surface area contributed by atoms with Crippen molar-refractivity contribution in [3.8, 4) is 6.07 Å². The summed E-state index contributed by atoms with van der Waals surface area (Å²) in [4.78, 5) is 40.5. The first-order chi connectivity index (χ1) is 20.4. The molecule has 0 spiro atoms. The fraction of sp³-hybridized carbons (Fsp3) is 0.290. The number of amides is 2. The van der Waals surface area contributed by atoms with E-state index in [-0.39, 0.29) is 29.7 Å². The van der Waals surface area contributed by atoms with E-state index < -0.39 is 11.9 Å². The average Bonchev–Trinajstić information content (AvgIpc) is 3.64. The summed E-state index contributed by atoms with van der Waals surface area (Å²) in [6.45, 7) is 3.76. The van der Waals surface area contributed by atoms with Gasteiger partial charge in [-0.15, -0.1) is 11.3 Å². The lowest BCUT2D eigenvalue weighted by Crippen LogP contribution is -2.31. The number of hydrogen-bond donors (Lipinski definition) is 3. The van der Waals surface area contributed by atoms with Crippen molar-refractivity contribution in [1.29, 1.82) is 5.26 Å². The number of carbonyl (C=O) groups excluding carboxylic acids is 3. The van der Waals surface area contributed by atoms with Crippen molar-refractivity contribution in [2.24, 2.45) is 0 Å². The highest BCUT2D eigenvalue weighted by Gasteiger charge is 2.37. The normalized spacial score (nSPS) is 16.3. The molecule has 0 saturated heterocycles. The van der Waals surface area contributed by atoms with Crippen molar-refractivity contribution in [3.63, 3.8) is 0 Å². The van der Waals surface area contributed by atoms with E-state index in [1.54, 1.807) is 38.1 Å². The molecular formula is C31H30N4O5S2. The molecule has 2 aliphatic rings. The minimum absolute atomic E-state index is 0.0257. The van der Waals surface area contributed by atoms with Crippen LogP contribution in [0, 0.1) is 11.3 Å². The van der Waals surface area contributed by atoms with Gasteiger partial charge in [-0.1, -0.05) is 30.0 Å². The Labute approximate surface area is 252 Å². The number of fused-ring (bicyclic) bond motifs is 1. The fourth-order valence-corrected chi connectivity index (χ4v) is 7.35. The molecule has 9 nitrogen and oxygen atoms in total. The van der Waals surface area contributed by atoms with Gasteiger partial charge in [0.05, 0.1) is 52.3 Å². The molecule has 5 rings (SSSR count). The third-order valence-corrected chi connectivity index (χ3v) is 9.23. The summed E-state index contributed by atoms with van der Waals surface area (Å²) >= 11 is 2.58. The largest absolute Gasteiger partial charge is 0.468 e. The van der Waals surface area contributed by atoms with E-state index in [0.29, 0.717) is 38.3 Å². The molecule has 1 atom stereocenters.